The highest BCUT2D eigenvalue weighted by Gasteiger charge is 2.23. The van der Waals surface area contributed by atoms with Gasteiger partial charge in [-0.05, 0) is 75.0 Å². The fraction of sp³-hybridized carbons (Fsp3) is 0.643. The van der Waals surface area contributed by atoms with Gasteiger partial charge < -0.3 is 29.3 Å². The molecule has 0 fully saturated rings. The topological polar surface area (TPSA) is 141 Å². The van der Waals surface area contributed by atoms with Crippen LogP contribution in [0.15, 0.2) is 43.5 Å². The van der Waals surface area contributed by atoms with Crippen molar-refractivity contribution in [2.75, 3.05) is 0 Å². The molecule has 8 heteroatoms. The summed E-state index contributed by atoms with van der Waals surface area (Å²) < 4.78 is 9.96. The molecule has 0 amide bonds. The molecule has 0 saturated heterocycles. The maximum Gasteiger partial charge on any atom is 0.229 e. The van der Waals surface area contributed by atoms with Crippen LogP contribution < -0.4 is 10.9 Å². The summed E-state index contributed by atoms with van der Waals surface area (Å²) in [5, 5.41) is 39.9. The lowest BCUT2D eigenvalue weighted by atomic mass is 9.80. The van der Waals surface area contributed by atoms with Crippen LogP contribution in [0.4, 0.5) is 0 Å². The molecule has 0 spiro atoms. The Bertz CT molecular complexity index is 980. The van der Waals surface area contributed by atoms with E-state index in [1.54, 1.807) is 0 Å². The maximum absolute atomic E-state index is 11.9. The molecule has 0 aromatic carbocycles. The zero-order valence-electron chi connectivity index (χ0n) is 22.0. The normalized spacial score (nSPS) is 14.1. The third-order valence-electron chi connectivity index (χ3n) is 7.11. The maximum atomic E-state index is 11.9. The first-order valence-electron chi connectivity index (χ1n) is 12.7. The Kier molecular flexibility index (Phi) is 10.8. The Morgan fingerprint density at radius 3 is 1.36 bits per heavy atom. The summed E-state index contributed by atoms with van der Waals surface area (Å²) in [6.07, 6.45) is 9.97. The summed E-state index contributed by atoms with van der Waals surface area (Å²) >= 11 is 0. The summed E-state index contributed by atoms with van der Waals surface area (Å²) in [7, 11) is 0. The van der Waals surface area contributed by atoms with E-state index in [0.29, 0.717) is 49.7 Å². The molecule has 0 radical (unpaired) electrons. The molecule has 2 heterocycles. The summed E-state index contributed by atoms with van der Waals surface area (Å²) in [5.41, 5.74) is -0.124. The predicted octanol–water partition coefficient (Wildman–Crippen LogP) is 4.68. The van der Waals surface area contributed by atoms with Gasteiger partial charge in [0.1, 0.15) is 12.5 Å². The van der Waals surface area contributed by atoms with E-state index in [-0.39, 0.29) is 22.3 Å². The van der Waals surface area contributed by atoms with Crippen molar-refractivity contribution in [1.29, 1.82) is 0 Å². The number of hydrogen-bond donors (Lipinski definition) is 4. The molecule has 2 unspecified atom stereocenters. The number of hydrogen-bond acceptors (Lipinski definition) is 8. The molecule has 4 N–H and O–H groups in total. The molecular formula is C28H42O8. The van der Waals surface area contributed by atoms with Crippen LogP contribution in [0.5, 0.6) is 11.5 Å². The van der Waals surface area contributed by atoms with Gasteiger partial charge in [0.15, 0.2) is 11.5 Å². The quantitative estimate of drug-likeness (QED) is 0.273. The Labute approximate surface area is 212 Å². The number of aromatic hydroxyl groups is 2. The van der Waals surface area contributed by atoms with Gasteiger partial charge in [0.25, 0.3) is 0 Å². The Morgan fingerprint density at radius 1 is 0.639 bits per heavy atom. The second-order valence-corrected chi connectivity index (χ2v) is 11.5. The number of aryl methyl sites for hydroxylation is 2. The van der Waals surface area contributed by atoms with Crippen molar-refractivity contribution >= 4 is 0 Å². The fourth-order valence-corrected chi connectivity index (χ4v) is 4.23. The molecule has 0 saturated carbocycles. The second-order valence-electron chi connectivity index (χ2n) is 11.5. The van der Waals surface area contributed by atoms with Crippen molar-refractivity contribution in [3.05, 3.63) is 56.6 Å². The highest BCUT2D eigenvalue weighted by Crippen LogP contribution is 2.31. The minimum Gasteiger partial charge on any atom is -0.502 e. The van der Waals surface area contributed by atoms with Crippen LogP contribution >= 0.6 is 0 Å². The third-order valence-corrected chi connectivity index (χ3v) is 7.11. The Hall–Kier alpha value is -2.58. The predicted molar refractivity (Wildman–Crippen MR) is 137 cm³/mol. The lowest BCUT2D eigenvalue weighted by Gasteiger charge is -2.27. The lowest BCUT2D eigenvalue weighted by Crippen LogP contribution is -2.21. The molecule has 0 aliphatic heterocycles. The monoisotopic (exact) mass is 506 g/mol. The van der Waals surface area contributed by atoms with Gasteiger partial charge in [-0.15, -0.1) is 0 Å². The fourth-order valence-electron chi connectivity index (χ4n) is 4.23. The van der Waals surface area contributed by atoms with Gasteiger partial charge in [-0.25, -0.2) is 0 Å². The van der Waals surface area contributed by atoms with Crippen molar-refractivity contribution in [3.8, 4) is 11.5 Å². The molecular weight excluding hydrogens is 464 g/mol. The average Bonchev–Trinajstić information content (AvgIpc) is 2.82. The molecule has 0 bridgehead atoms. The molecule has 202 valence electrons. The van der Waals surface area contributed by atoms with Crippen molar-refractivity contribution < 1.29 is 29.3 Å². The first-order valence-corrected chi connectivity index (χ1v) is 12.7. The van der Waals surface area contributed by atoms with E-state index in [4.69, 9.17) is 8.83 Å². The third kappa shape index (κ3) is 9.82. The molecule has 2 atom stereocenters. The molecule has 36 heavy (non-hydrogen) atoms. The number of aliphatic hydroxyl groups excluding tert-OH is 2. The van der Waals surface area contributed by atoms with Crippen LogP contribution in [0.1, 0.15) is 90.2 Å². The summed E-state index contributed by atoms with van der Waals surface area (Å²) in [6.45, 7) is 8.34. The summed E-state index contributed by atoms with van der Waals surface area (Å²) in [6, 6.07) is 0. The molecule has 2 aromatic heterocycles. The zero-order chi connectivity index (χ0) is 26.9. The van der Waals surface area contributed by atoms with Crippen LogP contribution in [0, 0.1) is 10.8 Å². The molecule has 8 nitrogen and oxygen atoms in total. The van der Waals surface area contributed by atoms with Crippen LogP contribution in [0.2, 0.25) is 0 Å². The van der Waals surface area contributed by atoms with E-state index in [2.05, 4.69) is 27.7 Å². The van der Waals surface area contributed by atoms with Gasteiger partial charge in [-0.3, -0.25) is 9.59 Å². The van der Waals surface area contributed by atoms with Crippen molar-refractivity contribution in [2.24, 2.45) is 10.8 Å². The van der Waals surface area contributed by atoms with Crippen LogP contribution in [0.3, 0.4) is 0 Å². The van der Waals surface area contributed by atoms with Crippen LogP contribution in [0.25, 0.3) is 0 Å². The first kappa shape index (κ1) is 29.6. The van der Waals surface area contributed by atoms with Crippen molar-refractivity contribution in [3.63, 3.8) is 0 Å². The van der Waals surface area contributed by atoms with Crippen LogP contribution in [-0.4, -0.2) is 32.6 Å². The van der Waals surface area contributed by atoms with E-state index < -0.39 is 23.1 Å². The molecule has 2 aromatic rings. The van der Waals surface area contributed by atoms with Gasteiger partial charge in [0.05, 0.1) is 24.7 Å². The SMILES string of the molecule is CC(C)(CCc1cocc(O)c1=O)CCC(O)CCC(O)CCC(C)(C)CCc1cocc(O)c1=O. The standard InChI is InChI=1S/C28H42O8/c1-27(2,11-7-19-15-35-17-23(31)25(19)33)13-9-21(29)5-6-22(30)10-14-28(3,4)12-8-20-16-36-18-24(32)26(20)34/h15-18,21-22,29-32H,5-14H2,1-4H3. The van der Waals surface area contributed by atoms with E-state index in [1.165, 1.54) is 12.5 Å². The summed E-state index contributed by atoms with van der Waals surface area (Å²) in [5.74, 6) is -0.765. The first-order chi connectivity index (χ1) is 16.8. The highest BCUT2D eigenvalue weighted by molar-refractivity contribution is 5.21. The second kappa shape index (κ2) is 13.1. The number of rotatable bonds is 15. The van der Waals surface area contributed by atoms with Crippen LogP contribution in [-0.2, 0) is 12.8 Å². The van der Waals surface area contributed by atoms with E-state index in [1.807, 2.05) is 0 Å². The number of aliphatic hydroxyl groups is 2. The average molecular weight is 507 g/mol. The smallest absolute Gasteiger partial charge is 0.229 e. The van der Waals surface area contributed by atoms with E-state index >= 15 is 0 Å². The molecule has 0 aliphatic carbocycles. The summed E-state index contributed by atoms with van der Waals surface area (Å²) in [4.78, 5) is 23.9. The van der Waals surface area contributed by atoms with Gasteiger partial charge in [0.2, 0.25) is 10.9 Å². The van der Waals surface area contributed by atoms with Gasteiger partial charge in [0, 0.05) is 11.1 Å². The van der Waals surface area contributed by atoms with Crippen molar-refractivity contribution in [2.45, 2.75) is 104 Å². The molecule has 0 aliphatic rings. The van der Waals surface area contributed by atoms with E-state index in [0.717, 1.165) is 38.2 Å². The Balaban J connectivity index is 1.68. The van der Waals surface area contributed by atoms with Gasteiger partial charge in [-0.2, -0.15) is 0 Å². The Morgan fingerprint density at radius 2 is 1.00 bits per heavy atom. The zero-order valence-corrected chi connectivity index (χ0v) is 22.0. The van der Waals surface area contributed by atoms with E-state index in [9.17, 15) is 30.0 Å². The highest BCUT2D eigenvalue weighted by atomic mass is 16.3. The minimum atomic E-state index is -0.511. The minimum absolute atomic E-state index is 0.103. The van der Waals surface area contributed by atoms with Gasteiger partial charge >= 0.3 is 0 Å². The van der Waals surface area contributed by atoms with Crippen molar-refractivity contribution in [1.82, 2.24) is 0 Å². The van der Waals surface area contributed by atoms with Gasteiger partial charge in [-0.1, -0.05) is 27.7 Å². The lowest BCUT2D eigenvalue weighted by molar-refractivity contribution is 0.0867. The largest absolute Gasteiger partial charge is 0.502 e. The molecule has 2 rings (SSSR count).